The van der Waals surface area contributed by atoms with E-state index in [1.807, 2.05) is 0 Å². The van der Waals surface area contributed by atoms with Crippen molar-refractivity contribution in [2.24, 2.45) is 0 Å². The van der Waals surface area contributed by atoms with Gasteiger partial charge in [-0.3, -0.25) is 9.78 Å². The second-order valence-electron chi connectivity index (χ2n) is 4.78. The summed E-state index contributed by atoms with van der Waals surface area (Å²) < 4.78 is 4.93. The SMILES string of the molecule is C[C@@H](NC(=O)COC(=O)c1cccnc1)c1ccc(Cl)c(Cl)c1. The Hall–Kier alpha value is -2.11. The average Bonchev–Trinajstić information content (AvgIpc) is 2.55. The summed E-state index contributed by atoms with van der Waals surface area (Å²) in [5, 5.41) is 3.57. The molecule has 1 aromatic carbocycles. The first kappa shape index (κ1) is 17.2. The summed E-state index contributed by atoms with van der Waals surface area (Å²) in [6.45, 7) is 1.42. The number of esters is 1. The zero-order valence-corrected chi connectivity index (χ0v) is 13.8. The molecule has 2 aromatic rings. The number of carbonyl (C=O) groups is 2. The summed E-state index contributed by atoms with van der Waals surface area (Å²) in [6, 6.07) is 7.98. The van der Waals surface area contributed by atoms with Crippen molar-refractivity contribution in [1.29, 1.82) is 0 Å². The molecule has 0 aliphatic rings. The molecule has 23 heavy (non-hydrogen) atoms. The van der Waals surface area contributed by atoms with E-state index in [0.29, 0.717) is 10.0 Å². The topological polar surface area (TPSA) is 68.3 Å². The molecule has 0 unspecified atom stereocenters. The quantitative estimate of drug-likeness (QED) is 0.837. The highest BCUT2D eigenvalue weighted by molar-refractivity contribution is 6.42. The number of amides is 1. The molecule has 7 heteroatoms. The molecule has 1 heterocycles. The molecule has 1 N–H and O–H groups in total. The monoisotopic (exact) mass is 352 g/mol. The highest BCUT2D eigenvalue weighted by Gasteiger charge is 2.14. The largest absolute Gasteiger partial charge is 0.452 e. The second-order valence-corrected chi connectivity index (χ2v) is 5.59. The van der Waals surface area contributed by atoms with Crippen LogP contribution in [-0.2, 0) is 9.53 Å². The molecule has 0 spiro atoms. The van der Waals surface area contributed by atoms with Crippen molar-refractivity contribution in [1.82, 2.24) is 10.3 Å². The smallest absolute Gasteiger partial charge is 0.340 e. The van der Waals surface area contributed by atoms with Gasteiger partial charge in [-0.05, 0) is 36.8 Å². The van der Waals surface area contributed by atoms with E-state index in [1.165, 1.54) is 6.20 Å². The predicted octanol–water partition coefficient (Wildman–Crippen LogP) is 3.42. The second kappa shape index (κ2) is 7.94. The van der Waals surface area contributed by atoms with Crippen LogP contribution in [0.2, 0.25) is 10.0 Å². The highest BCUT2D eigenvalue weighted by Crippen LogP contribution is 2.25. The van der Waals surface area contributed by atoms with Gasteiger partial charge in [0.05, 0.1) is 21.7 Å². The van der Waals surface area contributed by atoms with E-state index >= 15 is 0 Å². The van der Waals surface area contributed by atoms with Crippen LogP contribution >= 0.6 is 23.2 Å². The molecule has 0 saturated carbocycles. The van der Waals surface area contributed by atoms with Crippen LogP contribution in [0.4, 0.5) is 0 Å². The number of ether oxygens (including phenoxy) is 1. The van der Waals surface area contributed by atoms with Gasteiger partial charge >= 0.3 is 5.97 Å². The van der Waals surface area contributed by atoms with Crippen molar-refractivity contribution < 1.29 is 14.3 Å². The van der Waals surface area contributed by atoms with Crippen molar-refractivity contribution in [2.75, 3.05) is 6.61 Å². The average molecular weight is 353 g/mol. The van der Waals surface area contributed by atoms with Gasteiger partial charge in [-0.25, -0.2) is 4.79 Å². The lowest BCUT2D eigenvalue weighted by atomic mass is 10.1. The molecule has 0 bridgehead atoms. The molecule has 0 aliphatic heterocycles. The Kier molecular flexibility index (Phi) is 5.96. The normalized spacial score (nSPS) is 11.6. The minimum absolute atomic E-state index is 0.290. The zero-order valence-electron chi connectivity index (χ0n) is 12.3. The maximum atomic E-state index is 11.9. The number of nitrogens with one attached hydrogen (secondary N) is 1. The fraction of sp³-hybridized carbons (Fsp3) is 0.188. The van der Waals surface area contributed by atoms with Crippen molar-refractivity contribution in [3.05, 3.63) is 63.9 Å². The number of nitrogens with zero attached hydrogens (tertiary/aromatic N) is 1. The molecule has 1 atom stereocenters. The summed E-state index contributed by atoms with van der Waals surface area (Å²) in [4.78, 5) is 27.4. The number of benzene rings is 1. The minimum Gasteiger partial charge on any atom is -0.452 e. The first-order valence-corrected chi connectivity index (χ1v) is 7.54. The maximum Gasteiger partial charge on any atom is 0.340 e. The fourth-order valence-corrected chi connectivity index (χ4v) is 2.15. The van der Waals surface area contributed by atoms with Crippen molar-refractivity contribution in [3.8, 4) is 0 Å². The number of hydrogen-bond donors (Lipinski definition) is 1. The van der Waals surface area contributed by atoms with E-state index in [1.54, 1.807) is 43.5 Å². The minimum atomic E-state index is -0.601. The van der Waals surface area contributed by atoms with E-state index < -0.39 is 11.9 Å². The van der Waals surface area contributed by atoms with Crippen molar-refractivity contribution in [3.63, 3.8) is 0 Å². The molecule has 0 aliphatic carbocycles. The lowest BCUT2D eigenvalue weighted by Gasteiger charge is -2.15. The Morgan fingerprint density at radius 1 is 1.26 bits per heavy atom. The number of pyridine rings is 1. The molecule has 5 nitrogen and oxygen atoms in total. The van der Waals surface area contributed by atoms with Gasteiger partial charge < -0.3 is 10.1 Å². The van der Waals surface area contributed by atoms with E-state index in [9.17, 15) is 9.59 Å². The van der Waals surface area contributed by atoms with Crippen LogP contribution in [0, 0.1) is 0 Å². The molecule has 0 radical (unpaired) electrons. The number of carbonyl (C=O) groups excluding carboxylic acids is 2. The third-order valence-electron chi connectivity index (χ3n) is 3.05. The Bertz CT molecular complexity index is 708. The number of rotatable bonds is 5. The van der Waals surface area contributed by atoms with Gasteiger partial charge in [-0.2, -0.15) is 0 Å². The van der Waals surface area contributed by atoms with Crippen molar-refractivity contribution in [2.45, 2.75) is 13.0 Å². The standard InChI is InChI=1S/C16H14Cl2N2O3/c1-10(11-4-5-13(17)14(18)7-11)20-15(21)9-23-16(22)12-3-2-6-19-8-12/h2-8,10H,9H2,1H3,(H,20,21)/t10-/m1/s1. The summed E-state index contributed by atoms with van der Waals surface area (Å²) in [5.74, 6) is -1.02. The number of hydrogen-bond acceptors (Lipinski definition) is 4. The van der Waals surface area contributed by atoms with Crippen LogP contribution in [0.25, 0.3) is 0 Å². The van der Waals surface area contributed by atoms with E-state index in [2.05, 4.69) is 10.3 Å². The first-order chi connectivity index (χ1) is 11.0. The lowest BCUT2D eigenvalue weighted by molar-refractivity contribution is -0.124. The van der Waals surface area contributed by atoms with Crippen LogP contribution < -0.4 is 5.32 Å². The van der Waals surface area contributed by atoms with E-state index in [4.69, 9.17) is 27.9 Å². The van der Waals surface area contributed by atoms with E-state index in [0.717, 1.165) is 5.56 Å². The highest BCUT2D eigenvalue weighted by atomic mass is 35.5. The molecule has 0 saturated heterocycles. The van der Waals surface area contributed by atoms with Crippen LogP contribution in [0.15, 0.2) is 42.7 Å². The maximum absolute atomic E-state index is 11.9. The Labute approximate surface area is 143 Å². The fourth-order valence-electron chi connectivity index (χ4n) is 1.85. The Morgan fingerprint density at radius 3 is 2.70 bits per heavy atom. The molecule has 0 fully saturated rings. The zero-order chi connectivity index (χ0) is 16.8. The molecule has 2 rings (SSSR count). The summed E-state index contributed by atoms with van der Waals surface area (Å²) in [5.41, 5.74) is 1.09. The number of aromatic nitrogens is 1. The first-order valence-electron chi connectivity index (χ1n) is 6.79. The van der Waals surface area contributed by atoms with Gasteiger partial charge in [0, 0.05) is 12.4 Å². The van der Waals surface area contributed by atoms with Gasteiger partial charge in [0.1, 0.15) is 0 Å². The Morgan fingerprint density at radius 2 is 2.04 bits per heavy atom. The lowest BCUT2D eigenvalue weighted by Crippen LogP contribution is -2.31. The van der Waals surface area contributed by atoms with Crippen LogP contribution in [-0.4, -0.2) is 23.5 Å². The molecule has 1 aromatic heterocycles. The van der Waals surface area contributed by atoms with Gasteiger partial charge in [0.25, 0.3) is 5.91 Å². The molecular formula is C16H14Cl2N2O3. The predicted molar refractivity (Wildman–Crippen MR) is 87.5 cm³/mol. The van der Waals surface area contributed by atoms with E-state index in [-0.39, 0.29) is 18.2 Å². The molecule has 120 valence electrons. The van der Waals surface area contributed by atoms with Gasteiger partial charge in [0.2, 0.25) is 0 Å². The molecule has 1 amide bonds. The van der Waals surface area contributed by atoms with Crippen molar-refractivity contribution >= 4 is 35.1 Å². The summed E-state index contributed by atoms with van der Waals surface area (Å²) in [7, 11) is 0. The van der Waals surface area contributed by atoms with Crippen LogP contribution in [0.5, 0.6) is 0 Å². The van der Waals surface area contributed by atoms with Gasteiger partial charge in [0.15, 0.2) is 6.61 Å². The summed E-state index contributed by atoms with van der Waals surface area (Å²) in [6.07, 6.45) is 2.92. The molecular weight excluding hydrogens is 339 g/mol. The van der Waals surface area contributed by atoms with Crippen LogP contribution in [0.1, 0.15) is 28.9 Å². The third kappa shape index (κ3) is 4.94. The van der Waals surface area contributed by atoms with Crippen LogP contribution in [0.3, 0.4) is 0 Å². The van der Waals surface area contributed by atoms with Gasteiger partial charge in [-0.15, -0.1) is 0 Å². The van der Waals surface area contributed by atoms with Gasteiger partial charge in [-0.1, -0.05) is 29.3 Å². The summed E-state index contributed by atoms with van der Waals surface area (Å²) >= 11 is 11.8. The number of halogens is 2. The Balaban J connectivity index is 1.87. The third-order valence-corrected chi connectivity index (χ3v) is 3.79.